The predicted molar refractivity (Wildman–Crippen MR) is 102 cm³/mol. The van der Waals surface area contributed by atoms with Crippen LogP contribution < -0.4 is 5.32 Å². The fourth-order valence-electron chi connectivity index (χ4n) is 3.19. The lowest BCUT2D eigenvalue weighted by Gasteiger charge is -2.19. The maximum atomic E-state index is 13.1. The summed E-state index contributed by atoms with van der Waals surface area (Å²) in [7, 11) is 0. The Bertz CT molecular complexity index is 1180. The van der Waals surface area contributed by atoms with Crippen molar-refractivity contribution in [1.82, 2.24) is 29.5 Å². The molecule has 5 rings (SSSR count). The van der Waals surface area contributed by atoms with Gasteiger partial charge in [0.05, 0.1) is 17.1 Å². The van der Waals surface area contributed by atoms with E-state index in [-0.39, 0.29) is 32.8 Å². The molecule has 7 nitrogen and oxygen atoms in total. The van der Waals surface area contributed by atoms with Crippen molar-refractivity contribution < 1.29 is 13.2 Å². The summed E-state index contributed by atoms with van der Waals surface area (Å²) in [6, 6.07) is 3.72. The van der Waals surface area contributed by atoms with Crippen molar-refractivity contribution in [3.63, 3.8) is 0 Å². The maximum absolute atomic E-state index is 13.1. The van der Waals surface area contributed by atoms with Crippen LogP contribution in [-0.2, 0) is 0 Å². The normalized spacial score (nSPS) is 15.3. The van der Waals surface area contributed by atoms with Crippen LogP contribution in [0.3, 0.4) is 0 Å². The Morgan fingerprint density at radius 3 is 2.62 bits per heavy atom. The molecule has 0 spiro atoms. The van der Waals surface area contributed by atoms with Gasteiger partial charge in [-0.15, -0.1) is 5.10 Å². The molecular formula is C19H18F3N7. The molecule has 10 heteroatoms. The molecule has 0 aromatic carbocycles. The van der Waals surface area contributed by atoms with Crippen molar-refractivity contribution in [2.75, 3.05) is 11.9 Å². The average molecular weight is 401 g/mol. The first-order valence-corrected chi connectivity index (χ1v) is 8.67. The van der Waals surface area contributed by atoms with Crippen molar-refractivity contribution >= 4 is 22.6 Å². The Balaban J connectivity index is 0.00000205. The highest BCUT2D eigenvalue weighted by molar-refractivity contribution is 5.84. The van der Waals surface area contributed by atoms with Gasteiger partial charge in [-0.3, -0.25) is 4.98 Å². The van der Waals surface area contributed by atoms with Crippen molar-refractivity contribution in [1.29, 1.82) is 0 Å². The maximum Gasteiger partial charge on any atom is 0.396 e. The van der Waals surface area contributed by atoms with E-state index in [1.54, 1.807) is 35.5 Å². The summed E-state index contributed by atoms with van der Waals surface area (Å²) in [6.07, 6.45) is 4.24. The Kier molecular flexibility index (Phi) is 4.36. The van der Waals surface area contributed by atoms with Gasteiger partial charge in [-0.2, -0.15) is 13.2 Å². The zero-order chi connectivity index (χ0) is 19.4. The summed E-state index contributed by atoms with van der Waals surface area (Å²) in [4.78, 5) is 16.9. The number of nitrogens with zero attached hydrogens (tertiary/aromatic N) is 6. The highest BCUT2D eigenvalue weighted by Crippen LogP contribution is 2.57. The summed E-state index contributed by atoms with van der Waals surface area (Å²) in [5.41, 5.74) is 1.96. The number of pyridine rings is 1. The van der Waals surface area contributed by atoms with Gasteiger partial charge >= 0.3 is 6.18 Å². The van der Waals surface area contributed by atoms with Crippen molar-refractivity contribution in [3.8, 4) is 11.1 Å². The molecule has 0 radical (unpaired) electrons. The molecule has 0 unspecified atom stereocenters. The molecule has 0 atom stereocenters. The fraction of sp³-hybridized carbons (Fsp3) is 0.316. The molecular weight excluding hydrogens is 383 g/mol. The minimum absolute atomic E-state index is 0. The van der Waals surface area contributed by atoms with Gasteiger partial charge in [0, 0.05) is 42.5 Å². The molecule has 0 bridgehead atoms. The standard InChI is InChI=1S/C18H14F3N7.CH4/c19-18(20,21)17(2-3-17)10-26-16-25-9-14-12(1-6-28(14)27-16)11-7-13-15(24-8-11)23-5-4-22-13;/h1,4-9H,2-3,10H2,(H,26,27);1H4. The average Bonchev–Trinajstić information content (AvgIpc) is 3.39. The minimum atomic E-state index is -4.21. The second kappa shape index (κ2) is 6.64. The van der Waals surface area contributed by atoms with Crippen molar-refractivity contribution in [2.45, 2.75) is 26.4 Å². The van der Waals surface area contributed by atoms with E-state index in [1.165, 1.54) is 0 Å². The monoisotopic (exact) mass is 401 g/mol. The van der Waals surface area contributed by atoms with E-state index in [1.807, 2.05) is 12.1 Å². The van der Waals surface area contributed by atoms with Crippen LogP contribution in [0.15, 0.2) is 43.1 Å². The van der Waals surface area contributed by atoms with E-state index in [9.17, 15) is 13.2 Å². The van der Waals surface area contributed by atoms with E-state index < -0.39 is 11.6 Å². The quantitative estimate of drug-likeness (QED) is 0.554. The van der Waals surface area contributed by atoms with Gasteiger partial charge in [0.2, 0.25) is 5.95 Å². The van der Waals surface area contributed by atoms with E-state index in [0.717, 1.165) is 11.1 Å². The Morgan fingerprint density at radius 2 is 1.86 bits per heavy atom. The number of alkyl halides is 3. The van der Waals surface area contributed by atoms with Gasteiger partial charge in [-0.25, -0.2) is 19.5 Å². The highest BCUT2D eigenvalue weighted by atomic mass is 19.4. The van der Waals surface area contributed by atoms with E-state index in [0.29, 0.717) is 16.7 Å². The molecule has 4 heterocycles. The first-order valence-electron chi connectivity index (χ1n) is 8.67. The topological polar surface area (TPSA) is 80.9 Å². The predicted octanol–water partition coefficient (Wildman–Crippen LogP) is 4.13. The summed E-state index contributed by atoms with van der Waals surface area (Å²) in [5.74, 6) is 0.160. The smallest absolute Gasteiger partial charge is 0.352 e. The molecule has 150 valence electrons. The van der Waals surface area contributed by atoms with Gasteiger partial charge in [0.25, 0.3) is 0 Å². The largest absolute Gasteiger partial charge is 0.396 e. The van der Waals surface area contributed by atoms with Crippen molar-refractivity contribution in [3.05, 3.63) is 43.1 Å². The first-order chi connectivity index (χ1) is 13.5. The highest BCUT2D eigenvalue weighted by Gasteiger charge is 2.62. The number of aromatic nitrogens is 6. The van der Waals surface area contributed by atoms with Crippen LogP contribution in [0.25, 0.3) is 27.8 Å². The summed E-state index contributed by atoms with van der Waals surface area (Å²) in [5, 5.41) is 7.00. The second-order valence-corrected chi connectivity index (χ2v) is 6.90. The van der Waals surface area contributed by atoms with Crippen LogP contribution >= 0.6 is 0 Å². The van der Waals surface area contributed by atoms with E-state index >= 15 is 0 Å². The van der Waals surface area contributed by atoms with Crippen LogP contribution in [-0.4, -0.2) is 42.3 Å². The molecule has 4 aromatic rings. The number of hydrogen-bond donors (Lipinski definition) is 1. The van der Waals surface area contributed by atoms with Crippen LogP contribution in [0.2, 0.25) is 0 Å². The SMILES string of the molecule is C.FC(F)(F)C1(CNc2ncc3c(-c4cnc5nccnc5c4)ccn3n2)CC1. The van der Waals surface area contributed by atoms with Gasteiger partial charge in [0.15, 0.2) is 5.65 Å². The van der Waals surface area contributed by atoms with Gasteiger partial charge < -0.3 is 5.32 Å². The molecule has 0 saturated heterocycles. The molecule has 1 fully saturated rings. The molecule has 0 aliphatic heterocycles. The fourth-order valence-corrected chi connectivity index (χ4v) is 3.19. The van der Waals surface area contributed by atoms with Crippen molar-refractivity contribution in [2.24, 2.45) is 5.41 Å². The Labute approximate surface area is 164 Å². The molecule has 1 aliphatic carbocycles. The van der Waals surface area contributed by atoms with E-state index in [4.69, 9.17) is 0 Å². The van der Waals surface area contributed by atoms with Crippen LogP contribution in [0, 0.1) is 5.41 Å². The third kappa shape index (κ3) is 3.24. The van der Waals surface area contributed by atoms with Gasteiger partial charge in [-0.05, 0) is 25.0 Å². The lowest BCUT2D eigenvalue weighted by atomic mass is 10.1. The lowest BCUT2D eigenvalue weighted by molar-refractivity contribution is -0.182. The van der Waals surface area contributed by atoms with Gasteiger partial charge in [0.1, 0.15) is 5.52 Å². The third-order valence-corrected chi connectivity index (χ3v) is 5.09. The molecule has 4 aromatic heterocycles. The van der Waals surface area contributed by atoms with Crippen LogP contribution in [0.1, 0.15) is 20.3 Å². The second-order valence-electron chi connectivity index (χ2n) is 6.90. The zero-order valence-corrected chi connectivity index (χ0v) is 14.5. The minimum Gasteiger partial charge on any atom is -0.352 e. The number of anilines is 1. The summed E-state index contributed by atoms with van der Waals surface area (Å²) < 4.78 is 40.7. The molecule has 29 heavy (non-hydrogen) atoms. The number of halogens is 3. The Morgan fingerprint density at radius 1 is 1.07 bits per heavy atom. The van der Waals surface area contributed by atoms with Gasteiger partial charge in [-0.1, -0.05) is 7.43 Å². The number of hydrogen-bond acceptors (Lipinski definition) is 6. The van der Waals surface area contributed by atoms with Crippen LogP contribution in [0.5, 0.6) is 0 Å². The number of nitrogens with one attached hydrogen (secondary N) is 1. The summed E-state index contributed by atoms with van der Waals surface area (Å²) in [6.45, 7) is -0.219. The summed E-state index contributed by atoms with van der Waals surface area (Å²) >= 11 is 0. The number of rotatable bonds is 4. The third-order valence-electron chi connectivity index (χ3n) is 5.09. The molecule has 1 saturated carbocycles. The Hall–Kier alpha value is -3.30. The van der Waals surface area contributed by atoms with Crippen LogP contribution in [0.4, 0.5) is 19.1 Å². The first kappa shape index (κ1) is 19.0. The molecule has 1 N–H and O–H groups in total. The molecule has 1 aliphatic rings. The lowest BCUT2D eigenvalue weighted by Crippen LogP contribution is -2.32. The zero-order valence-electron chi connectivity index (χ0n) is 14.5. The molecule has 0 amide bonds. The number of fused-ring (bicyclic) bond motifs is 2. The van der Waals surface area contributed by atoms with E-state index in [2.05, 4.69) is 30.4 Å².